The number of halogens is 1. The van der Waals surface area contributed by atoms with Crippen molar-refractivity contribution < 1.29 is 19.1 Å². The Morgan fingerprint density at radius 3 is 2.73 bits per heavy atom. The number of carbonyl (C=O) groups excluding carboxylic acids is 2. The van der Waals surface area contributed by atoms with Gasteiger partial charge in [0, 0.05) is 17.6 Å². The Hall–Kier alpha value is -2.77. The molecule has 3 rings (SSSR count). The molecule has 0 aliphatic carbocycles. The van der Waals surface area contributed by atoms with Crippen molar-refractivity contribution in [3.8, 4) is 5.75 Å². The summed E-state index contributed by atoms with van der Waals surface area (Å²) in [6.45, 7) is 4.45. The van der Waals surface area contributed by atoms with Crippen LogP contribution in [0.25, 0.3) is 6.08 Å². The lowest BCUT2D eigenvalue weighted by atomic mass is 10.2. The summed E-state index contributed by atoms with van der Waals surface area (Å²) in [5.74, 6) is 0.0637. The summed E-state index contributed by atoms with van der Waals surface area (Å²) in [5, 5.41) is 1.06. The first kappa shape index (κ1) is 21.9. The number of amides is 1. The van der Waals surface area contributed by atoms with Crippen LogP contribution < -0.4 is 4.74 Å². The first-order valence-electron chi connectivity index (χ1n) is 9.38. The van der Waals surface area contributed by atoms with E-state index in [0.717, 1.165) is 5.56 Å². The molecular weight excluding hydrogens is 424 g/mol. The van der Waals surface area contributed by atoms with Crippen LogP contribution in [0.2, 0.25) is 5.02 Å². The van der Waals surface area contributed by atoms with Gasteiger partial charge in [-0.3, -0.25) is 9.69 Å². The summed E-state index contributed by atoms with van der Waals surface area (Å²) in [7, 11) is 1.66. The van der Waals surface area contributed by atoms with E-state index in [9.17, 15) is 9.59 Å². The second-order valence-corrected chi connectivity index (χ2v) is 7.70. The molecule has 0 N–H and O–H groups in total. The number of hydrogen-bond donors (Lipinski definition) is 0. The number of carbonyl (C=O) groups is 2. The lowest BCUT2D eigenvalue weighted by Gasteiger charge is -2.08. The fourth-order valence-corrected chi connectivity index (χ4v) is 3.90. The van der Waals surface area contributed by atoms with Gasteiger partial charge in [-0.25, -0.2) is 9.79 Å². The van der Waals surface area contributed by atoms with Crippen LogP contribution in [0.1, 0.15) is 29.8 Å². The maximum Gasteiger partial charge on any atom is 0.338 e. The van der Waals surface area contributed by atoms with Crippen LogP contribution in [0, 0.1) is 0 Å². The topological polar surface area (TPSA) is 68.2 Å². The predicted molar refractivity (Wildman–Crippen MR) is 120 cm³/mol. The molecule has 2 aromatic carbocycles. The first-order chi connectivity index (χ1) is 14.4. The maximum atomic E-state index is 12.7. The van der Waals surface area contributed by atoms with Crippen molar-refractivity contribution in [3.63, 3.8) is 0 Å². The summed E-state index contributed by atoms with van der Waals surface area (Å²) in [6.07, 6.45) is 1.75. The highest BCUT2D eigenvalue weighted by Gasteiger charge is 2.30. The molecule has 1 saturated heterocycles. The number of esters is 1. The summed E-state index contributed by atoms with van der Waals surface area (Å²) in [4.78, 5) is 31.2. The van der Waals surface area contributed by atoms with E-state index < -0.39 is 5.97 Å². The highest BCUT2D eigenvalue weighted by molar-refractivity contribution is 8.18. The summed E-state index contributed by atoms with van der Waals surface area (Å²) in [5.41, 5.74) is 1.69. The summed E-state index contributed by atoms with van der Waals surface area (Å²) < 4.78 is 10.7. The van der Waals surface area contributed by atoms with Crippen LogP contribution in [0.15, 0.2) is 52.4 Å². The lowest BCUT2D eigenvalue weighted by Crippen LogP contribution is -2.23. The molecule has 30 heavy (non-hydrogen) atoms. The fourth-order valence-electron chi connectivity index (χ4n) is 2.74. The van der Waals surface area contributed by atoms with E-state index in [4.69, 9.17) is 21.1 Å². The van der Waals surface area contributed by atoms with Crippen molar-refractivity contribution in [2.24, 2.45) is 4.99 Å². The molecule has 6 nitrogen and oxygen atoms in total. The monoisotopic (exact) mass is 444 g/mol. The number of aliphatic imine (C=N–C) groups is 1. The van der Waals surface area contributed by atoms with Gasteiger partial charge in [-0.1, -0.05) is 17.7 Å². The minimum atomic E-state index is -0.409. The number of likely N-dealkylation sites (N-methyl/N-ethyl adjacent to an activating group) is 1. The zero-order valence-electron chi connectivity index (χ0n) is 16.8. The van der Waals surface area contributed by atoms with Crippen LogP contribution in [-0.4, -0.2) is 42.2 Å². The lowest BCUT2D eigenvalue weighted by molar-refractivity contribution is -0.121. The normalized spacial score (nSPS) is 16.4. The molecule has 1 aliphatic heterocycles. The number of nitrogens with zero attached hydrogens (tertiary/aromatic N) is 2. The average molecular weight is 445 g/mol. The van der Waals surface area contributed by atoms with Crippen molar-refractivity contribution in [2.75, 3.05) is 20.3 Å². The molecule has 156 valence electrons. The minimum Gasteiger partial charge on any atom is -0.493 e. The van der Waals surface area contributed by atoms with Gasteiger partial charge < -0.3 is 9.47 Å². The molecule has 0 spiro atoms. The van der Waals surface area contributed by atoms with Crippen molar-refractivity contribution >= 4 is 52.2 Å². The highest BCUT2D eigenvalue weighted by Crippen LogP contribution is 2.35. The van der Waals surface area contributed by atoms with Crippen molar-refractivity contribution in [2.45, 2.75) is 13.8 Å². The van der Waals surface area contributed by atoms with E-state index in [1.807, 2.05) is 6.92 Å². The van der Waals surface area contributed by atoms with Crippen LogP contribution in [0.5, 0.6) is 5.75 Å². The van der Waals surface area contributed by atoms with Gasteiger partial charge in [0.25, 0.3) is 5.91 Å². The van der Waals surface area contributed by atoms with Gasteiger partial charge in [0.15, 0.2) is 5.17 Å². The second-order valence-electron chi connectivity index (χ2n) is 6.26. The number of thioether (sulfide) groups is 1. The third-order valence-electron chi connectivity index (χ3n) is 4.14. The second kappa shape index (κ2) is 9.82. The summed E-state index contributed by atoms with van der Waals surface area (Å²) in [6, 6.07) is 12.1. The largest absolute Gasteiger partial charge is 0.493 e. The molecule has 0 aromatic heterocycles. The Morgan fingerprint density at radius 1 is 1.20 bits per heavy atom. The quantitative estimate of drug-likeness (QED) is 0.455. The zero-order chi connectivity index (χ0) is 21.7. The third-order valence-corrected chi connectivity index (χ3v) is 5.44. The van der Waals surface area contributed by atoms with Gasteiger partial charge in [0.2, 0.25) is 0 Å². The van der Waals surface area contributed by atoms with Crippen molar-refractivity contribution in [1.82, 2.24) is 4.90 Å². The van der Waals surface area contributed by atoms with Crippen LogP contribution in [0.4, 0.5) is 5.69 Å². The van der Waals surface area contributed by atoms with Crippen molar-refractivity contribution in [1.29, 1.82) is 0 Å². The number of amidine groups is 1. The molecule has 0 atom stereocenters. The Kier molecular flexibility index (Phi) is 7.18. The third kappa shape index (κ3) is 5.04. The fraction of sp³-hybridized carbons (Fsp3) is 0.227. The average Bonchev–Trinajstić information content (AvgIpc) is 2.98. The number of rotatable bonds is 6. The van der Waals surface area contributed by atoms with Gasteiger partial charge in [0.05, 0.1) is 29.4 Å². The number of ether oxygens (including phenoxy) is 2. The Morgan fingerprint density at radius 2 is 2.00 bits per heavy atom. The van der Waals surface area contributed by atoms with Gasteiger partial charge in [0.1, 0.15) is 5.75 Å². The number of benzene rings is 2. The number of hydrogen-bond acceptors (Lipinski definition) is 6. The Bertz CT molecular complexity index is 1040. The van der Waals surface area contributed by atoms with Gasteiger partial charge in [-0.05, 0) is 68.1 Å². The van der Waals surface area contributed by atoms with Crippen molar-refractivity contribution in [3.05, 3.63) is 63.5 Å². The zero-order valence-corrected chi connectivity index (χ0v) is 18.4. The van der Waals surface area contributed by atoms with E-state index in [0.29, 0.717) is 45.3 Å². The SMILES string of the molecule is CCOC(=O)c1cccc(N=C2SC(=Cc3cc(Cl)ccc3OCC)C(=O)N2C)c1. The molecule has 1 amide bonds. The minimum absolute atomic E-state index is 0.178. The molecule has 1 fully saturated rings. The Labute approximate surface area is 184 Å². The van der Waals surface area contributed by atoms with Gasteiger partial charge >= 0.3 is 5.97 Å². The van der Waals surface area contributed by atoms with Gasteiger partial charge in [-0.15, -0.1) is 0 Å². The van der Waals surface area contributed by atoms with Crippen LogP contribution in [-0.2, 0) is 9.53 Å². The molecule has 0 unspecified atom stereocenters. The maximum absolute atomic E-state index is 12.7. The van der Waals surface area contributed by atoms with Gasteiger partial charge in [-0.2, -0.15) is 0 Å². The molecule has 1 heterocycles. The molecule has 1 aliphatic rings. The predicted octanol–water partition coefficient (Wildman–Crippen LogP) is 5.15. The van der Waals surface area contributed by atoms with E-state index in [-0.39, 0.29) is 5.91 Å². The molecule has 8 heteroatoms. The smallest absolute Gasteiger partial charge is 0.338 e. The van der Waals surface area contributed by atoms with E-state index >= 15 is 0 Å². The summed E-state index contributed by atoms with van der Waals surface area (Å²) >= 11 is 7.36. The molecule has 0 radical (unpaired) electrons. The first-order valence-corrected chi connectivity index (χ1v) is 10.6. The standard InChI is InChI=1S/C22H21ClN2O4S/c1-4-28-18-10-9-16(23)11-15(18)13-19-20(26)25(3)22(30-19)24-17-8-6-7-14(12-17)21(27)29-5-2/h6-13H,4-5H2,1-3H3. The molecule has 0 bridgehead atoms. The Balaban J connectivity index is 1.90. The van der Waals surface area contributed by atoms with Crippen LogP contribution >= 0.6 is 23.4 Å². The van der Waals surface area contributed by atoms with E-state index in [2.05, 4.69) is 4.99 Å². The highest BCUT2D eigenvalue weighted by atomic mass is 35.5. The molecule has 0 saturated carbocycles. The van der Waals surface area contributed by atoms with E-state index in [1.54, 1.807) is 62.5 Å². The van der Waals surface area contributed by atoms with Crippen LogP contribution in [0.3, 0.4) is 0 Å². The van der Waals surface area contributed by atoms with E-state index in [1.165, 1.54) is 16.7 Å². The molecule has 2 aromatic rings. The molecular formula is C22H21ClN2O4S.